The van der Waals surface area contributed by atoms with E-state index >= 15 is 0 Å². The molecule has 1 aliphatic heterocycles. The number of rotatable bonds is 9. The molecule has 2 amide bonds. The first-order valence-electron chi connectivity index (χ1n) is 13.4. The van der Waals surface area contributed by atoms with E-state index in [2.05, 4.69) is 45.1 Å². The third kappa shape index (κ3) is 7.48. The van der Waals surface area contributed by atoms with Crippen LogP contribution in [-0.2, 0) is 16.1 Å². The van der Waals surface area contributed by atoms with Gasteiger partial charge in [0, 0.05) is 24.1 Å². The number of hydrogen-bond acceptors (Lipinski definition) is 8. The second-order valence-electron chi connectivity index (χ2n) is 9.53. The number of hydrogen-bond donors (Lipinski definition) is 3. The lowest BCUT2D eigenvalue weighted by atomic mass is 9.89. The van der Waals surface area contributed by atoms with Crippen LogP contribution in [0.2, 0.25) is 0 Å². The first kappa shape index (κ1) is 29.3. The van der Waals surface area contributed by atoms with Crippen molar-refractivity contribution in [3.63, 3.8) is 0 Å². The smallest absolute Gasteiger partial charge is 0.270 e. The van der Waals surface area contributed by atoms with E-state index < -0.39 is 5.91 Å². The molecule has 0 bridgehead atoms. The van der Waals surface area contributed by atoms with Crippen molar-refractivity contribution in [2.75, 3.05) is 36.8 Å². The Bertz CT molecular complexity index is 1660. The first-order chi connectivity index (χ1) is 19.9. The van der Waals surface area contributed by atoms with Gasteiger partial charge in [0.1, 0.15) is 21.8 Å². The number of aromatic nitrogens is 1. The van der Waals surface area contributed by atoms with Gasteiger partial charge in [0.15, 0.2) is 5.57 Å². The molecular formula is C30H31N7O3S. The molecule has 10 nitrogen and oxygen atoms in total. The molecule has 1 aromatic heterocycles. The van der Waals surface area contributed by atoms with Crippen LogP contribution in [0.1, 0.15) is 31.2 Å². The van der Waals surface area contributed by atoms with Crippen molar-refractivity contribution in [3.8, 4) is 12.1 Å². The molecule has 2 heterocycles. The Hall–Kier alpha value is -4.71. The zero-order chi connectivity index (χ0) is 29.2. The van der Waals surface area contributed by atoms with Crippen LogP contribution in [0, 0.1) is 22.7 Å². The summed E-state index contributed by atoms with van der Waals surface area (Å²) in [5.74, 6) is -0.270. The Kier molecular flexibility index (Phi) is 10.1. The molecular weight excluding hydrogens is 538 g/mol. The molecule has 0 atom stereocenters. The highest BCUT2D eigenvalue weighted by molar-refractivity contribution is 7.07. The van der Waals surface area contributed by atoms with Crippen LogP contribution in [0.3, 0.4) is 0 Å². The molecule has 0 radical (unpaired) electrons. The largest absolute Gasteiger partial charge is 0.360 e. The summed E-state index contributed by atoms with van der Waals surface area (Å²) in [5, 5.41) is 26.6. The van der Waals surface area contributed by atoms with E-state index in [-0.39, 0.29) is 34.8 Å². The lowest BCUT2D eigenvalue weighted by Crippen LogP contribution is -2.38. The van der Waals surface area contributed by atoms with Gasteiger partial charge < -0.3 is 16.0 Å². The van der Waals surface area contributed by atoms with Crippen LogP contribution in [0.25, 0.3) is 11.8 Å². The lowest BCUT2D eigenvalue weighted by Gasteiger charge is -2.31. The third-order valence-electron chi connectivity index (χ3n) is 6.85. The fraction of sp³-hybridized carbons (Fsp3) is 0.300. The summed E-state index contributed by atoms with van der Waals surface area (Å²) in [7, 11) is 0. The molecule has 2 aromatic carbocycles. The van der Waals surface area contributed by atoms with Gasteiger partial charge in [-0.1, -0.05) is 36.4 Å². The van der Waals surface area contributed by atoms with Gasteiger partial charge in [-0.05, 0) is 62.5 Å². The van der Waals surface area contributed by atoms with E-state index in [4.69, 9.17) is 5.26 Å². The van der Waals surface area contributed by atoms with E-state index in [1.165, 1.54) is 16.3 Å². The molecule has 1 fully saturated rings. The average Bonchev–Trinajstić information content (AvgIpc) is 3.30. The molecule has 0 saturated carbocycles. The molecule has 4 rings (SSSR count). The average molecular weight is 570 g/mol. The Morgan fingerprint density at radius 1 is 1.07 bits per heavy atom. The molecule has 0 spiro atoms. The molecule has 11 heteroatoms. The number of amides is 2. The Morgan fingerprint density at radius 3 is 2.49 bits per heavy atom. The predicted octanol–water partition coefficient (Wildman–Crippen LogP) is 1.91. The fourth-order valence-corrected chi connectivity index (χ4v) is 5.87. The summed E-state index contributed by atoms with van der Waals surface area (Å²) in [5.41, 5.74) is 2.06. The van der Waals surface area contributed by atoms with Gasteiger partial charge in [-0.25, -0.2) is 0 Å². The number of thiazole rings is 1. The number of nitriles is 2. The van der Waals surface area contributed by atoms with E-state index in [0.717, 1.165) is 37.3 Å². The summed E-state index contributed by atoms with van der Waals surface area (Å²) >= 11 is 1.01. The quantitative estimate of drug-likeness (QED) is 0.334. The molecule has 41 heavy (non-hydrogen) atoms. The van der Waals surface area contributed by atoms with E-state index in [9.17, 15) is 19.6 Å². The van der Waals surface area contributed by atoms with Crippen LogP contribution in [-0.4, -0.2) is 47.5 Å². The predicted molar refractivity (Wildman–Crippen MR) is 159 cm³/mol. The molecule has 210 valence electrons. The topological polar surface area (TPSA) is 143 Å². The maximum absolute atomic E-state index is 12.9. The van der Waals surface area contributed by atoms with Crippen molar-refractivity contribution in [3.05, 3.63) is 79.7 Å². The highest BCUT2D eigenvalue weighted by Gasteiger charge is 2.22. The van der Waals surface area contributed by atoms with Crippen molar-refractivity contribution in [1.82, 2.24) is 14.8 Å². The van der Waals surface area contributed by atoms with Crippen molar-refractivity contribution in [2.45, 2.75) is 32.2 Å². The first-order valence-corrected chi connectivity index (χ1v) is 14.2. The third-order valence-corrected chi connectivity index (χ3v) is 7.98. The number of likely N-dealkylation sites (tertiary alicyclic amines) is 1. The zero-order valence-corrected chi connectivity index (χ0v) is 23.5. The van der Waals surface area contributed by atoms with E-state index in [1.54, 1.807) is 37.3 Å². The minimum absolute atomic E-state index is 0.0905. The van der Waals surface area contributed by atoms with Gasteiger partial charge >= 0.3 is 0 Å². The summed E-state index contributed by atoms with van der Waals surface area (Å²) in [4.78, 5) is 40.2. The molecule has 1 saturated heterocycles. The number of carbonyl (C=O) groups excluding carboxylic acids is 2. The normalized spacial score (nSPS) is 15.0. The van der Waals surface area contributed by atoms with Crippen LogP contribution in [0.5, 0.6) is 0 Å². The van der Waals surface area contributed by atoms with Crippen LogP contribution >= 0.6 is 11.3 Å². The van der Waals surface area contributed by atoms with Gasteiger partial charge in [-0.15, -0.1) is 11.3 Å². The molecule has 1 aliphatic rings. The highest BCUT2D eigenvalue weighted by Crippen LogP contribution is 2.27. The van der Waals surface area contributed by atoms with Crippen LogP contribution in [0.15, 0.2) is 59.4 Å². The molecule has 0 unspecified atom stereocenters. The fourth-order valence-electron chi connectivity index (χ4n) is 4.79. The maximum Gasteiger partial charge on any atom is 0.270 e. The van der Waals surface area contributed by atoms with Gasteiger partial charge in [0.2, 0.25) is 5.91 Å². The Balaban J connectivity index is 1.41. The van der Waals surface area contributed by atoms with Crippen molar-refractivity contribution in [1.29, 1.82) is 10.5 Å². The number of nitrogens with zero attached hydrogens (tertiary/aromatic N) is 4. The summed E-state index contributed by atoms with van der Waals surface area (Å²) in [6, 6.07) is 21.3. The minimum atomic E-state index is -0.707. The van der Waals surface area contributed by atoms with Gasteiger partial charge in [-0.3, -0.25) is 23.9 Å². The molecule has 3 aromatic rings. The van der Waals surface area contributed by atoms with Gasteiger partial charge in [0.05, 0.1) is 12.6 Å². The van der Waals surface area contributed by atoms with Crippen molar-refractivity contribution >= 4 is 46.3 Å². The van der Waals surface area contributed by atoms with Crippen molar-refractivity contribution in [2.24, 2.45) is 0 Å². The highest BCUT2D eigenvalue weighted by atomic mass is 32.1. The Labute approximate surface area is 241 Å². The SMILES string of the molecule is CCn1c(=O)/c(=C\Nc2cccc(NC(=O)CN3CCC(c4ccccc4)CC3)c2)s/c1=C(/C#N)C(=O)NCC#N. The number of anilines is 2. The van der Waals surface area contributed by atoms with Crippen LogP contribution in [0.4, 0.5) is 11.4 Å². The van der Waals surface area contributed by atoms with Crippen LogP contribution < -0.4 is 30.7 Å². The van der Waals surface area contributed by atoms with Gasteiger partial charge in [0.25, 0.3) is 11.5 Å². The number of carbonyl (C=O) groups is 2. The van der Waals surface area contributed by atoms with E-state index in [1.807, 2.05) is 12.1 Å². The number of benzene rings is 2. The summed E-state index contributed by atoms with van der Waals surface area (Å²) in [6.45, 7) is 3.82. The second-order valence-corrected chi connectivity index (χ2v) is 10.6. The summed E-state index contributed by atoms with van der Waals surface area (Å²) in [6.07, 6.45) is 3.56. The van der Waals surface area contributed by atoms with Gasteiger partial charge in [-0.2, -0.15) is 10.5 Å². The minimum Gasteiger partial charge on any atom is -0.360 e. The van der Waals surface area contributed by atoms with Crippen molar-refractivity contribution < 1.29 is 9.59 Å². The lowest BCUT2D eigenvalue weighted by molar-refractivity contribution is -0.117. The molecule has 0 aliphatic carbocycles. The standard InChI is InChI=1S/C30H31N7O3S/c1-2-37-29(40)26(41-30(37)25(18-32)28(39)33-14-13-31)19-34-23-9-6-10-24(17-23)35-27(38)20-36-15-11-22(12-16-36)21-7-4-3-5-8-21/h3-10,17,19,22,34H,2,11-12,14-16,20H2,1H3,(H,33,39)(H,35,38)/b26-19+,30-25-. The second kappa shape index (κ2) is 14.1. The number of piperidine rings is 1. The Morgan fingerprint density at radius 2 is 1.80 bits per heavy atom. The monoisotopic (exact) mass is 569 g/mol. The molecule has 3 N–H and O–H groups in total. The maximum atomic E-state index is 12.9. The van der Waals surface area contributed by atoms with E-state index in [0.29, 0.717) is 28.4 Å². The number of nitrogens with one attached hydrogen (secondary N) is 3. The zero-order valence-electron chi connectivity index (χ0n) is 22.7. The summed E-state index contributed by atoms with van der Waals surface area (Å²) < 4.78 is 1.87.